The van der Waals surface area contributed by atoms with Crippen LogP contribution in [0.1, 0.15) is 16.7 Å². The van der Waals surface area contributed by atoms with Crippen LogP contribution in [0.5, 0.6) is 0 Å². The maximum Gasteiger partial charge on any atom is 0.0518 e. The van der Waals surface area contributed by atoms with Crippen molar-refractivity contribution >= 4 is 0 Å². The molecule has 2 aromatic rings. The molecule has 26 heavy (non-hydrogen) atoms. The van der Waals surface area contributed by atoms with E-state index in [2.05, 4.69) is 83.5 Å². The van der Waals surface area contributed by atoms with Gasteiger partial charge in [0.15, 0.2) is 0 Å². The van der Waals surface area contributed by atoms with Crippen LogP contribution in [-0.4, -0.2) is 13.1 Å². The zero-order chi connectivity index (χ0) is 18.2. The monoisotopic (exact) mass is 345 g/mol. The Morgan fingerprint density at radius 3 is 2.19 bits per heavy atom. The van der Waals surface area contributed by atoms with Gasteiger partial charge >= 0.3 is 0 Å². The van der Waals surface area contributed by atoms with Gasteiger partial charge in [0.1, 0.15) is 0 Å². The standard InChI is InChI=1S/C23H27N3/c1-25-17-21-13-14-22(15-23(21)24)26-16-20-11-9-19(10-12-20)8-7-18-5-3-2-4-6-18/h2-6,9-15,17,23,25-26H,7-8,16,24H2,1H3/b21-17-. The second-order valence-electron chi connectivity index (χ2n) is 6.57. The van der Waals surface area contributed by atoms with Crippen LogP contribution in [0.4, 0.5) is 0 Å². The summed E-state index contributed by atoms with van der Waals surface area (Å²) in [6.45, 7) is 0.799. The Balaban J connectivity index is 1.50. The summed E-state index contributed by atoms with van der Waals surface area (Å²) in [5, 5.41) is 6.48. The third-order valence-electron chi connectivity index (χ3n) is 4.58. The Kier molecular flexibility index (Phi) is 6.29. The first-order chi connectivity index (χ1) is 12.7. The van der Waals surface area contributed by atoms with Crippen LogP contribution in [0.3, 0.4) is 0 Å². The van der Waals surface area contributed by atoms with Crippen LogP contribution in [0.2, 0.25) is 0 Å². The lowest BCUT2D eigenvalue weighted by Crippen LogP contribution is -2.26. The molecular weight excluding hydrogens is 318 g/mol. The normalized spacial score (nSPS) is 17.8. The summed E-state index contributed by atoms with van der Waals surface area (Å²) in [5.74, 6) is 0. The molecule has 2 aromatic carbocycles. The molecule has 3 rings (SSSR count). The lowest BCUT2D eigenvalue weighted by Gasteiger charge is -2.17. The Hall–Kier alpha value is -2.78. The molecule has 0 heterocycles. The molecule has 0 amide bonds. The SMILES string of the molecule is CN/C=C1/C=CC(NCc2ccc(CCc3ccccc3)cc2)=CC1N. The van der Waals surface area contributed by atoms with Crippen LogP contribution in [-0.2, 0) is 19.4 Å². The predicted octanol–water partition coefficient (Wildman–Crippen LogP) is 3.45. The molecule has 3 nitrogen and oxygen atoms in total. The molecule has 1 unspecified atom stereocenters. The molecule has 1 aliphatic rings. The molecule has 0 saturated heterocycles. The molecule has 1 aliphatic carbocycles. The largest absolute Gasteiger partial charge is 0.394 e. The first kappa shape index (κ1) is 18.0. The van der Waals surface area contributed by atoms with E-state index in [0.29, 0.717) is 0 Å². The van der Waals surface area contributed by atoms with Crippen molar-refractivity contribution in [2.45, 2.75) is 25.4 Å². The van der Waals surface area contributed by atoms with Crippen LogP contribution < -0.4 is 16.4 Å². The van der Waals surface area contributed by atoms with Crippen molar-refractivity contribution in [2.75, 3.05) is 7.05 Å². The van der Waals surface area contributed by atoms with Crippen molar-refractivity contribution in [1.29, 1.82) is 0 Å². The molecule has 0 bridgehead atoms. The second kappa shape index (κ2) is 9.07. The number of rotatable bonds is 7. The van der Waals surface area contributed by atoms with E-state index in [4.69, 9.17) is 5.73 Å². The van der Waals surface area contributed by atoms with Gasteiger partial charge in [-0.05, 0) is 47.3 Å². The van der Waals surface area contributed by atoms with E-state index < -0.39 is 0 Å². The van der Waals surface area contributed by atoms with Crippen molar-refractivity contribution in [3.8, 4) is 0 Å². The summed E-state index contributed by atoms with van der Waals surface area (Å²) in [4.78, 5) is 0. The highest BCUT2D eigenvalue weighted by molar-refractivity contribution is 5.40. The molecule has 1 atom stereocenters. The van der Waals surface area contributed by atoms with Crippen molar-refractivity contribution in [3.05, 3.63) is 107 Å². The molecule has 0 aliphatic heterocycles. The second-order valence-corrected chi connectivity index (χ2v) is 6.57. The first-order valence-corrected chi connectivity index (χ1v) is 9.13. The van der Waals surface area contributed by atoms with Gasteiger partial charge in [-0.3, -0.25) is 0 Å². The summed E-state index contributed by atoms with van der Waals surface area (Å²) in [5.41, 5.74) is 12.3. The summed E-state index contributed by atoms with van der Waals surface area (Å²) in [6.07, 6.45) is 10.3. The molecule has 0 fully saturated rings. The quantitative estimate of drug-likeness (QED) is 0.720. The topological polar surface area (TPSA) is 50.1 Å². The van der Waals surface area contributed by atoms with E-state index >= 15 is 0 Å². The number of aryl methyl sites for hydroxylation is 2. The average Bonchev–Trinajstić information content (AvgIpc) is 2.68. The third-order valence-corrected chi connectivity index (χ3v) is 4.58. The number of allylic oxidation sites excluding steroid dienone is 1. The summed E-state index contributed by atoms with van der Waals surface area (Å²) >= 11 is 0. The minimum Gasteiger partial charge on any atom is -0.394 e. The van der Waals surface area contributed by atoms with Gasteiger partial charge in [-0.1, -0.05) is 60.7 Å². The highest BCUT2D eigenvalue weighted by Crippen LogP contribution is 2.14. The first-order valence-electron chi connectivity index (χ1n) is 9.13. The predicted molar refractivity (Wildman–Crippen MR) is 109 cm³/mol. The zero-order valence-electron chi connectivity index (χ0n) is 15.3. The molecule has 134 valence electrons. The van der Waals surface area contributed by atoms with Crippen LogP contribution >= 0.6 is 0 Å². The van der Waals surface area contributed by atoms with E-state index in [9.17, 15) is 0 Å². The van der Waals surface area contributed by atoms with Gasteiger partial charge in [-0.2, -0.15) is 0 Å². The highest BCUT2D eigenvalue weighted by atomic mass is 14.9. The van der Waals surface area contributed by atoms with Crippen molar-refractivity contribution in [1.82, 2.24) is 10.6 Å². The van der Waals surface area contributed by atoms with Gasteiger partial charge in [-0.25, -0.2) is 0 Å². The van der Waals surface area contributed by atoms with Crippen molar-refractivity contribution in [3.63, 3.8) is 0 Å². The fourth-order valence-electron chi connectivity index (χ4n) is 3.03. The lowest BCUT2D eigenvalue weighted by molar-refractivity contribution is 0.805. The molecule has 4 N–H and O–H groups in total. The summed E-state index contributed by atoms with van der Waals surface area (Å²) < 4.78 is 0. The molecule has 0 saturated carbocycles. The van der Waals surface area contributed by atoms with E-state index in [-0.39, 0.29) is 6.04 Å². The average molecular weight is 345 g/mol. The summed E-state index contributed by atoms with van der Waals surface area (Å²) in [7, 11) is 1.88. The van der Waals surface area contributed by atoms with E-state index in [1.807, 2.05) is 13.2 Å². The molecule has 0 radical (unpaired) electrons. The lowest BCUT2D eigenvalue weighted by atomic mass is 10.0. The molecule has 3 heteroatoms. The number of hydrogen-bond donors (Lipinski definition) is 3. The van der Waals surface area contributed by atoms with Crippen LogP contribution in [0.25, 0.3) is 0 Å². The van der Waals surface area contributed by atoms with Gasteiger partial charge in [-0.15, -0.1) is 0 Å². The number of nitrogens with two attached hydrogens (primary N) is 1. The van der Waals surface area contributed by atoms with Gasteiger partial charge in [0.05, 0.1) is 6.04 Å². The van der Waals surface area contributed by atoms with Gasteiger partial charge < -0.3 is 16.4 Å². The van der Waals surface area contributed by atoms with Crippen LogP contribution in [0, 0.1) is 0 Å². The van der Waals surface area contributed by atoms with Crippen molar-refractivity contribution < 1.29 is 0 Å². The molecule has 0 aromatic heterocycles. The Morgan fingerprint density at radius 2 is 1.54 bits per heavy atom. The number of hydrogen-bond acceptors (Lipinski definition) is 3. The fourth-order valence-corrected chi connectivity index (χ4v) is 3.03. The van der Waals surface area contributed by atoms with E-state index in [1.54, 1.807) is 0 Å². The Morgan fingerprint density at radius 1 is 0.885 bits per heavy atom. The van der Waals surface area contributed by atoms with E-state index in [0.717, 1.165) is 30.7 Å². The van der Waals surface area contributed by atoms with Crippen molar-refractivity contribution in [2.24, 2.45) is 5.73 Å². The number of benzene rings is 2. The smallest absolute Gasteiger partial charge is 0.0518 e. The highest BCUT2D eigenvalue weighted by Gasteiger charge is 2.09. The molecular formula is C23H27N3. The van der Waals surface area contributed by atoms with Gasteiger partial charge in [0, 0.05) is 25.5 Å². The minimum absolute atomic E-state index is 0.0738. The Labute approximate surface area is 156 Å². The van der Waals surface area contributed by atoms with Crippen LogP contribution in [0.15, 0.2) is 90.3 Å². The van der Waals surface area contributed by atoms with Gasteiger partial charge in [0.2, 0.25) is 0 Å². The maximum atomic E-state index is 6.15. The molecule has 0 spiro atoms. The Bertz CT molecular complexity index is 786. The number of nitrogens with one attached hydrogen (secondary N) is 2. The van der Waals surface area contributed by atoms with Gasteiger partial charge in [0.25, 0.3) is 0 Å². The minimum atomic E-state index is -0.0738. The maximum absolute atomic E-state index is 6.15. The summed E-state index contributed by atoms with van der Waals surface area (Å²) in [6, 6.07) is 19.4. The fraction of sp³-hybridized carbons (Fsp3) is 0.217. The zero-order valence-corrected chi connectivity index (χ0v) is 15.3. The van der Waals surface area contributed by atoms with E-state index in [1.165, 1.54) is 16.7 Å². The third kappa shape index (κ3) is 5.11.